The van der Waals surface area contributed by atoms with Gasteiger partial charge >= 0.3 is 0 Å². The molecule has 3 aromatic rings. The number of nitrogens with zero attached hydrogens (tertiary/aromatic N) is 1. The van der Waals surface area contributed by atoms with Crippen LogP contribution in [0.2, 0.25) is 0 Å². The van der Waals surface area contributed by atoms with Crippen molar-refractivity contribution in [3.05, 3.63) is 72.8 Å². The van der Waals surface area contributed by atoms with Gasteiger partial charge in [-0.3, -0.25) is 10.4 Å². The van der Waals surface area contributed by atoms with Crippen molar-refractivity contribution < 1.29 is 14.2 Å². The number of hydrogen-bond donors (Lipinski definition) is 1. The Kier molecular flexibility index (Phi) is 7.59. The second-order valence-corrected chi connectivity index (χ2v) is 11.6. The van der Waals surface area contributed by atoms with Gasteiger partial charge in [-0.2, -0.15) is 0 Å². The third-order valence-corrected chi connectivity index (χ3v) is 4.56. The zero-order valence-corrected chi connectivity index (χ0v) is 22.6. The maximum Gasteiger partial charge on any atom is 0.120 e. The average Bonchev–Trinajstić information content (AvgIpc) is 2.71. The van der Waals surface area contributed by atoms with Crippen LogP contribution in [0.4, 0.5) is 17.1 Å². The summed E-state index contributed by atoms with van der Waals surface area (Å²) in [6.45, 7) is 18.4. The van der Waals surface area contributed by atoms with E-state index in [1.807, 2.05) is 140 Å². The zero-order valence-electron chi connectivity index (χ0n) is 22.6. The lowest BCUT2D eigenvalue weighted by molar-refractivity contribution is 0.130. The van der Waals surface area contributed by atoms with Gasteiger partial charge in [0, 0.05) is 0 Å². The number of nitrogens with one attached hydrogen (secondary N) is 1. The molecule has 0 unspecified atom stereocenters. The SMILES string of the molecule is CC(C)(C)Oc1ccc(NN(c2ccc(OC(C)(C)C)cc2)c2ccc(OC(C)(C)C)cc2)cc1. The van der Waals surface area contributed by atoms with E-state index in [0.717, 1.165) is 34.3 Å². The van der Waals surface area contributed by atoms with Crippen LogP contribution in [0.5, 0.6) is 17.2 Å². The van der Waals surface area contributed by atoms with Crippen LogP contribution in [0.1, 0.15) is 62.3 Å². The molecule has 0 fully saturated rings. The van der Waals surface area contributed by atoms with Crippen LogP contribution in [0.25, 0.3) is 0 Å². The minimum absolute atomic E-state index is 0.241. The van der Waals surface area contributed by atoms with Gasteiger partial charge in [0.25, 0.3) is 0 Å². The molecule has 0 bridgehead atoms. The van der Waals surface area contributed by atoms with E-state index in [1.54, 1.807) is 0 Å². The van der Waals surface area contributed by atoms with Crippen LogP contribution in [0.3, 0.4) is 0 Å². The van der Waals surface area contributed by atoms with Crippen LogP contribution in [0, 0.1) is 0 Å². The van der Waals surface area contributed by atoms with Crippen molar-refractivity contribution in [3.63, 3.8) is 0 Å². The van der Waals surface area contributed by atoms with E-state index in [0.29, 0.717) is 0 Å². The third kappa shape index (κ3) is 8.75. The van der Waals surface area contributed by atoms with Crippen LogP contribution in [-0.2, 0) is 0 Å². The molecule has 0 amide bonds. The maximum absolute atomic E-state index is 6.01. The Morgan fingerprint density at radius 2 is 0.743 bits per heavy atom. The van der Waals surface area contributed by atoms with Gasteiger partial charge in [0.1, 0.15) is 34.1 Å². The van der Waals surface area contributed by atoms with Gasteiger partial charge in [-0.1, -0.05) is 0 Å². The van der Waals surface area contributed by atoms with Gasteiger partial charge in [-0.15, -0.1) is 0 Å². The van der Waals surface area contributed by atoms with Gasteiger partial charge < -0.3 is 14.2 Å². The first-order valence-corrected chi connectivity index (χ1v) is 12.1. The van der Waals surface area contributed by atoms with E-state index >= 15 is 0 Å². The number of rotatable bonds is 7. The Hall–Kier alpha value is -3.34. The Bertz CT molecular complexity index is 1010. The van der Waals surface area contributed by atoms with Crippen molar-refractivity contribution in [1.29, 1.82) is 0 Å². The number of hydrazine groups is 1. The highest BCUT2D eigenvalue weighted by Crippen LogP contribution is 2.31. The predicted molar refractivity (Wildman–Crippen MR) is 146 cm³/mol. The molecule has 0 spiro atoms. The van der Waals surface area contributed by atoms with Crippen molar-refractivity contribution in [1.82, 2.24) is 0 Å². The van der Waals surface area contributed by atoms with Gasteiger partial charge in [0.15, 0.2) is 0 Å². The maximum atomic E-state index is 6.01. The van der Waals surface area contributed by atoms with Gasteiger partial charge in [-0.25, -0.2) is 0 Å². The summed E-state index contributed by atoms with van der Waals surface area (Å²) in [6, 6.07) is 24.1. The van der Waals surface area contributed by atoms with E-state index < -0.39 is 0 Å². The first-order chi connectivity index (χ1) is 16.2. The Morgan fingerprint density at radius 1 is 0.457 bits per heavy atom. The lowest BCUT2D eigenvalue weighted by atomic mass is 10.2. The predicted octanol–water partition coefficient (Wildman–Crippen LogP) is 8.38. The smallest absolute Gasteiger partial charge is 0.120 e. The monoisotopic (exact) mass is 476 g/mol. The lowest BCUT2D eigenvalue weighted by Crippen LogP contribution is -2.25. The molecule has 1 N–H and O–H groups in total. The largest absolute Gasteiger partial charge is 0.488 e. The van der Waals surface area contributed by atoms with Gasteiger partial charge in [0.05, 0.1) is 17.1 Å². The first kappa shape index (κ1) is 26.3. The molecule has 0 atom stereocenters. The lowest BCUT2D eigenvalue weighted by Gasteiger charge is -2.28. The second kappa shape index (κ2) is 10.1. The molecule has 0 aliphatic heterocycles. The van der Waals surface area contributed by atoms with Crippen molar-refractivity contribution in [2.24, 2.45) is 0 Å². The number of ether oxygens (including phenoxy) is 3. The standard InChI is InChI=1S/C30H40N2O3/c1-28(2,3)33-25-16-10-22(11-17-25)31-32(23-12-18-26(19-13-23)34-29(4,5)6)24-14-20-27(21-15-24)35-30(7,8)9/h10-21,31H,1-9H3. The third-order valence-electron chi connectivity index (χ3n) is 4.56. The normalized spacial score (nSPS) is 12.1. The van der Waals surface area contributed by atoms with E-state index in [9.17, 15) is 0 Å². The van der Waals surface area contributed by atoms with Crippen molar-refractivity contribution >= 4 is 17.1 Å². The quantitative estimate of drug-likeness (QED) is 0.347. The molecule has 5 heteroatoms. The summed E-state index contributed by atoms with van der Waals surface area (Å²) in [7, 11) is 0. The molecule has 3 rings (SSSR count). The summed E-state index contributed by atoms with van der Waals surface area (Å²) < 4.78 is 18.0. The molecule has 0 saturated carbocycles. The molecule has 5 nitrogen and oxygen atoms in total. The highest BCUT2D eigenvalue weighted by Gasteiger charge is 2.16. The minimum Gasteiger partial charge on any atom is -0.488 e. The van der Waals surface area contributed by atoms with Crippen molar-refractivity contribution in [3.8, 4) is 17.2 Å². The Labute approximate surface area is 211 Å². The van der Waals surface area contributed by atoms with E-state index in [1.165, 1.54) is 0 Å². The molecule has 188 valence electrons. The molecule has 0 saturated heterocycles. The number of benzene rings is 3. The highest BCUT2D eigenvalue weighted by molar-refractivity contribution is 5.69. The molecule has 35 heavy (non-hydrogen) atoms. The summed E-state index contributed by atoms with van der Waals surface area (Å²) in [5, 5.41) is 2.04. The summed E-state index contributed by atoms with van der Waals surface area (Å²) in [5.41, 5.74) is 5.69. The molecule has 0 aromatic heterocycles. The van der Waals surface area contributed by atoms with E-state index in [4.69, 9.17) is 14.2 Å². The second-order valence-electron chi connectivity index (χ2n) is 11.6. The zero-order chi connectivity index (χ0) is 25.9. The van der Waals surface area contributed by atoms with Crippen LogP contribution in [0.15, 0.2) is 72.8 Å². The summed E-state index contributed by atoms with van der Waals surface area (Å²) >= 11 is 0. The first-order valence-electron chi connectivity index (χ1n) is 12.1. The summed E-state index contributed by atoms with van der Waals surface area (Å²) in [5.74, 6) is 2.50. The van der Waals surface area contributed by atoms with E-state index in [-0.39, 0.29) is 16.8 Å². The summed E-state index contributed by atoms with van der Waals surface area (Å²) in [6.07, 6.45) is 0. The molecule has 0 aliphatic carbocycles. The van der Waals surface area contributed by atoms with Crippen molar-refractivity contribution in [2.75, 3.05) is 10.4 Å². The Morgan fingerprint density at radius 3 is 1.03 bits per heavy atom. The van der Waals surface area contributed by atoms with Crippen LogP contribution >= 0.6 is 0 Å². The van der Waals surface area contributed by atoms with Gasteiger partial charge in [0.2, 0.25) is 0 Å². The Balaban J connectivity index is 1.88. The molecular formula is C30H40N2O3. The van der Waals surface area contributed by atoms with Gasteiger partial charge in [-0.05, 0) is 135 Å². The highest BCUT2D eigenvalue weighted by atomic mass is 16.5. The molecular weight excluding hydrogens is 436 g/mol. The average molecular weight is 477 g/mol. The molecule has 0 radical (unpaired) electrons. The number of hydrogen-bond acceptors (Lipinski definition) is 5. The molecule has 0 heterocycles. The minimum atomic E-state index is -0.251. The topological polar surface area (TPSA) is 43.0 Å². The molecule has 3 aromatic carbocycles. The van der Waals surface area contributed by atoms with Crippen molar-refractivity contribution in [2.45, 2.75) is 79.1 Å². The number of anilines is 3. The van der Waals surface area contributed by atoms with Crippen LogP contribution < -0.4 is 24.6 Å². The fourth-order valence-corrected chi connectivity index (χ4v) is 3.39. The van der Waals surface area contributed by atoms with E-state index in [2.05, 4.69) is 5.43 Å². The fourth-order valence-electron chi connectivity index (χ4n) is 3.39. The van der Waals surface area contributed by atoms with Crippen LogP contribution in [-0.4, -0.2) is 16.8 Å². The fraction of sp³-hybridized carbons (Fsp3) is 0.400. The molecule has 0 aliphatic rings. The summed E-state index contributed by atoms with van der Waals surface area (Å²) in [4.78, 5) is 0.